The molecule has 0 saturated heterocycles. The van der Waals surface area contributed by atoms with Gasteiger partial charge in [0.2, 0.25) is 5.91 Å². The number of benzene rings is 1. The molecule has 0 bridgehead atoms. The Balaban J connectivity index is 3.31. The molecule has 1 unspecified atom stereocenters. The third-order valence-electron chi connectivity index (χ3n) is 3.03. The number of ether oxygens (including phenoxy) is 1. The zero-order valence-corrected chi connectivity index (χ0v) is 10.8. The van der Waals surface area contributed by atoms with Gasteiger partial charge in [0.1, 0.15) is 5.75 Å². The summed E-state index contributed by atoms with van der Waals surface area (Å²) in [5.41, 5.74) is 15.3. The third kappa shape index (κ3) is 2.77. The summed E-state index contributed by atoms with van der Waals surface area (Å²) in [6.45, 7) is 5.97. The van der Waals surface area contributed by atoms with Gasteiger partial charge in [-0.15, -0.1) is 0 Å². The quantitative estimate of drug-likeness (QED) is 0.831. The second-order valence-corrected chi connectivity index (χ2v) is 4.36. The maximum absolute atomic E-state index is 10.9. The zero-order valence-electron chi connectivity index (χ0n) is 10.8. The Labute approximate surface area is 102 Å². The average Bonchev–Trinajstić information content (AvgIpc) is 2.21. The van der Waals surface area contributed by atoms with Gasteiger partial charge in [-0.25, -0.2) is 0 Å². The van der Waals surface area contributed by atoms with Crippen molar-refractivity contribution in [3.8, 4) is 5.75 Å². The Hall–Kier alpha value is -1.55. The van der Waals surface area contributed by atoms with Gasteiger partial charge in [-0.2, -0.15) is 0 Å². The average molecular weight is 236 g/mol. The molecule has 4 nitrogen and oxygen atoms in total. The van der Waals surface area contributed by atoms with E-state index in [9.17, 15) is 4.79 Å². The fraction of sp³-hybridized carbons (Fsp3) is 0.462. The summed E-state index contributed by atoms with van der Waals surface area (Å²) in [4.78, 5) is 10.9. The molecule has 94 valence electrons. The van der Waals surface area contributed by atoms with Crippen LogP contribution in [0.15, 0.2) is 6.07 Å². The summed E-state index contributed by atoms with van der Waals surface area (Å²) in [7, 11) is 1.61. The minimum absolute atomic E-state index is 0.125. The predicted molar refractivity (Wildman–Crippen MR) is 67.9 cm³/mol. The van der Waals surface area contributed by atoms with Gasteiger partial charge in [0.15, 0.2) is 0 Å². The minimum Gasteiger partial charge on any atom is -0.496 e. The molecule has 0 spiro atoms. The molecule has 0 heterocycles. The lowest BCUT2D eigenvalue weighted by Crippen LogP contribution is -2.22. The molecule has 1 rings (SSSR count). The van der Waals surface area contributed by atoms with E-state index in [1.807, 2.05) is 26.8 Å². The van der Waals surface area contributed by atoms with Crippen molar-refractivity contribution in [3.05, 3.63) is 28.3 Å². The first-order valence-electron chi connectivity index (χ1n) is 5.57. The van der Waals surface area contributed by atoms with Gasteiger partial charge < -0.3 is 16.2 Å². The highest BCUT2D eigenvalue weighted by Gasteiger charge is 2.19. The van der Waals surface area contributed by atoms with E-state index < -0.39 is 11.9 Å². The van der Waals surface area contributed by atoms with Gasteiger partial charge in [0.05, 0.1) is 7.11 Å². The van der Waals surface area contributed by atoms with Crippen LogP contribution in [0.25, 0.3) is 0 Å². The number of amides is 1. The van der Waals surface area contributed by atoms with Crippen molar-refractivity contribution >= 4 is 5.91 Å². The Morgan fingerprint density at radius 3 is 2.41 bits per heavy atom. The number of carbonyl (C=O) groups is 1. The smallest absolute Gasteiger partial charge is 0.219 e. The van der Waals surface area contributed by atoms with Crippen LogP contribution in [0.1, 0.15) is 34.7 Å². The lowest BCUT2D eigenvalue weighted by atomic mass is 9.93. The normalized spacial score (nSPS) is 12.3. The summed E-state index contributed by atoms with van der Waals surface area (Å²) in [5, 5.41) is 0. The highest BCUT2D eigenvalue weighted by molar-refractivity contribution is 5.75. The molecular formula is C13H20N2O2. The molecule has 1 atom stereocenters. The Morgan fingerprint density at radius 1 is 1.35 bits per heavy atom. The molecule has 4 heteroatoms. The molecule has 4 N–H and O–H groups in total. The van der Waals surface area contributed by atoms with Crippen molar-refractivity contribution in [1.82, 2.24) is 0 Å². The van der Waals surface area contributed by atoms with Crippen molar-refractivity contribution in [2.75, 3.05) is 7.11 Å². The van der Waals surface area contributed by atoms with Gasteiger partial charge in [-0.05, 0) is 37.5 Å². The summed E-state index contributed by atoms with van der Waals surface area (Å²) in [5.74, 6) is 0.355. The van der Waals surface area contributed by atoms with Crippen molar-refractivity contribution < 1.29 is 9.53 Å². The molecule has 0 aromatic heterocycles. The number of carbonyl (C=O) groups excluding carboxylic acids is 1. The molecule has 17 heavy (non-hydrogen) atoms. The van der Waals surface area contributed by atoms with E-state index in [4.69, 9.17) is 16.2 Å². The molecule has 1 amide bonds. The number of primary amides is 1. The van der Waals surface area contributed by atoms with Crippen LogP contribution in [0, 0.1) is 20.8 Å². The topological polar surface area (TPSA) is 78.3 Å². The van der Waals surface area contributed by atoms with Crippen LogP contribution in [-0.4, -0.2) is 13.0 Å². The van der Waals surface area contributed by atoms with E-state index >= 15 is 0 Å². The third-order valence-corrected chi connectivity index (χ3v) is 3.03. The van der Waals surface area contributed by atoms with Crippen LogP contribution in [-0.2, 0) is 4.79 Å². The number of methoxy groups -OCH3 is 1. The molecule has 0 aliphatic heterocycles. The van der Waals surface area contributed by atoms with Crippen LogP contribution in [0.4, 0.5) is 0 Å². The molecule has 0 aliphatic rings. The van der Waals surface area contributed by atoms with E-state index in [1.165, 1.54) is 0 Å². The Bertz CT molecular complexity index is 442. The van der Waals surface area contributed by atoms with E-state index in [0.717, 1.165) is 28.0 Å². The van der Waals surface area contributed by atoms with Crippen molar-refractivity contribution in [2.45, 2.75) is 33.2 Å². The Kier molecular flexibility index (Phi) is 4.12. The second-order valence-electron chi connectivity index (χ2n) is 4.36. The molecule has 0 fully saturated rings. The first kappa shape index (κ1) is 13.5. The fourth-order valence-electron chi connectivity index (χ4n) is 2.11. The standard InChI is InChI=1S/C13H20N2O2/c1-7-5-8(2)12(10(14)6-11(15)16)13(17-4)9(7)3/h5,10H,6,14H2,1-4H3,(H2,15,16). The predicted octanol–water partition coefficient (Wildman–Crippen LogP) is 1.50. The van der Waals surface area contributed by atoms with Crippen LogP contribution in [0.2, 0.25) is 0 Å². The highest BCUT2D eigenvalue weighted by atomic mass is 16.5. The second kappa shape index (κ2) is 5.19. The minimum atomic E-state index is -0.415. The number of hydrogen-bond donors (Lipinski definition) is 2. The van der Waals surface area contributed by atoms with Crippen LogP contribution in [0.5, 0.6) is 5.75 Å². The maximum atomic E-state index is 10.9. The zero-order chi connectivity index (χ0) is 13.2. The van der Waals surface area contributed by atoms with Gasteiger partial charge in [0.25, 0.3) is 0 Å². The summed E-state index contributed by atoms with van der Waals surface area (Å²) >= 11 is 0. The number of nitrogens with two attached hydrogens (primary N) is 2. The van der Waals surface area contributed by atoms with Gasteiger partial charge >= 0.3 is 0 Å². The SMILES string of the molecule is COc1c(C)c(C)cc(C)c1C(N)CC(N)=O. The first-order valence-corrected chi connectivity index (χ1v) is 5.57. The molecule has 0 saturated carbocycles. The van der Waals surface area contributed by atoms with E-state index in [2.05, 4.69) is 0 Å². The van der Waals surface area contributed by atoms with Crippen molar-refractivity contribution in [3.63, 3.8) is 0 Å². The summed E-state index contributed by atoms with van der Waals surface area (Å²) in [6, 6.07) is 1.63. The molecule has 0 radical (unpaired) electrons. The maximum Gasteiger partial charge on any atom is 0.219 e. The molecule has 0 aliphatic carbocycles. The number of aryl methyl sites for hydroxylation is 2. The van der Waals surface area contributed by atoms with Crippen molar-refractivity contribution in [1.29, 1.82) is 0 Å². The van der Waals surface area contributed by atoms with Crippen molar-refractivity contribution in [2.24, 2.45) is 11.5 Å². The van der Waals surface area contributed by atoms with Gasteiger partial charge in [-0.1, -0.05) is 6.07 Å². The molecule has 1 aromatic carbocycles. The van der Waals surface area contributed by atoms with Gasteiger partial charge in [-0.3, -0.25) is 4.79 Å². The lowest BCUT2D eigenvalue weighted by molar-refractivity contribution is -0.118. The van der Waals surface area contributed by atoms with Crippen LogP contribution < -0.4 is 16.2 Å². The monoisotopic (exact) mass is 236 g/mol. The van der Waals surface area contributed by atoms with Crippen LogP contribution in [0.3, 0.4) is 0 Å². The summed E-state index contributed by atoms with van der Waals surface area (Å²) < 4.78 is 5.41. The fourth-order valence-corrected chi connectivity index (χ4v) is 2.11. The molecule has 1 aromatic rings. The largest absolute Gasteiger partial charge is 0.496 e. The first-order chi connectivity index (χ1) is 7.88. The van der Waals surface area contributed by atoms with Crippen LogP contribution >= 0.6 is 0 Å². The Morgan fingerprint density at radius 2 is 1.94 bits per heavy atom. The number of hydrogen-bond acceptors (Lipinski definition) is 3. The van der Waals surface area contributed by atoms with Gasteiger partial charge in [0, 0.05) is 18.0 Å². The van der Waals surface area contributed by atoms with E-state index in [0.29, 0.717) is 0 Å². The lowest BCUT2D eigenvalue weighted by Gasteiger charge is -2.20. The highest BCUT2D eigenvalue weighted by Crippen LogP contribution is 2.34. The number of rotatable bonds is 4. The van der Waals surface area contributed by atoms with E-state index in [-0.39, 0.29) is 6.42 Å². The summed E-state index contributed by atoms with van der Waals surface area (Å²) in [6.07, 6.45) is 0.125. The molecular weight excluding hydrogens is 216 g/mol. The van der Waals surface area contributed by atoms with E-state index in [1.54, 1.807) is 7.11 Å².